The minimum Gasteiger partial charge on any atom is -0.457 e. The molecule has 0 radical (unpaired) electrons. The number of amides is 1. The van der Waals surface area contributed by atoms with E-state index in [-0.39, 0.29) is 5.57 Å². The summed E-state index contributed by atoms with van der Waals surface area (Å²) in [4.78, 5) is 12.3. The number of halogens is 1. The summed E-state index contributed by atoms with van der Waals surface area (Å²) >= 11 is 5.87. The Bertz CT molecular complexity index is 1030. The van der Waals surface area contributed by atoms with Crippen molar-refractivity contribution in [1.29, 1.82) is 5.26 Å². The number of benzene rings is 2. The van der Waals surface area contributed by atoms with Crippen molar-refractivity contribution in [2.45, 2.75) is 0 Å². The number of furan rings is 1. The molecule has 0 saturated heterocycles. The minimum absolute atomic E-state index is 0.116. The molecule has 1 heterocycles. The molecular weight excluding hydrogens is 366 g/mol. The summed E-state index contributed by atoms with van der Waals surface area (Å²) in [7, 11) is 0. The molecule has 3 rings (SSSR count). The molecular formula is C20H14ClN3O3. The highest BCUT2D eigenvalue weighted by Crippen LogP contribution is 2.25. The van der Waals surface area contributed by atoms with Crippen LogP contribution in [-0.2, 0) is 4.79 Å². The molecule has 134 valence electrons. The highest BCUT2D eigenvalue weighted by molar-refractivity contribution is 6.30. The van der Waals surface area contributed by atoms with Gasteiger partial charge in [-0.15, -0.1) is 0 Å². The van der Waals surface area contributed by atoms with Gasteiger partial charge in [0.25, 0.3) is 5.91 Å². The molecule has 7 heteroatoms. The van der Waals surface area contributed by atoms with E-state index in [4.69, 9.17) is 21.2 Å². The highest BCUT2D eigenvalue weighted by Gasteiger charge is 2.12. The number of rotatable bonds is 5. The maximum Gasteiger partial charge on any atom is 0.266 e. The molecule has 0 bridgehead atoms. The lowest BCUT2D eigenvalue weighted by molar-refractivity contribution is -0.112. The average Bonchev–Trinajstić information content (AvgIpc) is 3.15. The summed E-state index contributed by atoms with van der Waals surface area (Å²) in [6, 6.07) is 18.8. The van der Waals surface area contributed by atoms with E-state index in [1.54, 1.807) is 42.5 Å². The molecule has 0 aliphatic carbocycles. The van der Waals surface area contributed by atoms with E-state index in [9.17, 15) is 10.1 Å². The molecule has 0 spiro atoms. The Labute approximate surface area is 160 Å². The first kappa shape index (κ1) is 18.3. The Hall–Kier alpha value is -3.53. The maximum atomic E-state index is 12.3. The fraction of sp³-hybridized carbons (Fsp3) is 0. The Morgan fingerprint density at radius 1 is 1.11 bits per heavy atom. The van der Waals surface area contributed by atoms with Crippen LogP contribution in [0.5, 0.6) is 0 Å². The first-order valence-corrected chi connectivity index (χ1v) is 8.26. The smallest absolute Gasteiger partial charge is 0.266 e. The Kier molecular flexibility index (Phi) is 5.57. The minimum atomic E-state index is -0.586. The summed E-state index contributed by atoms with van der Waals surface area (Å²) in [6.07, 6.45) is 1.36. The van der Waals surface area contributed by atoms with Crippen molar-refractivity contribution < 1.29 is 14.4 Å². The van der Waals surface area contributed by atoms with Crippen molar-refractivity contribution in [3.63, 3.8) is 0 Å². The average molecular weight is 380 g/mol. The normalized spacial score (nSPS) is 10.9. The quantitative estimate of drug-likeness (QED) is 0.331. The molecule has 3 N–H and O–H groups in total. The van der Waals surface area contributed by atoms with Gasteiger partial charge < -0.3 is 9.73 Å². The Morgan fingerprint density at radius 2 is 1.85 bits per heavy atom. The van der Waals surface area contributed by atoms with Crippen LogP contribution in [0.4, 0.5) is 11.4 Å². The number of hydrogen-bond donors (Lipinski definition) is 3. The van der Waals surface area contributed by atoms with Crippen LogP contribution in [0.3, 0.4) is 0 Å². The van der Waals surface area contributed by atoms with Gasteiger partial charge in [-0.2, -0.15) is 5.26 Å². The first-order chi connectivity index (χ1) is 13.1. The summed E-state index contributed by atoms with van der Waals surface area (Å²) in [6.45, 7) is 0. The summed E-state index contributed by atoms with van der Waals surface area (Å²) in [5.74, 6) is 0.381. The number of nitrogens with zero attached hydrogens (tertiary/aromatic N) is 1. The van der Waals surface area contributed by atoms with Gasteiger partial charge in [-0.05, 0) is 54.6 Å². The van der Waals surface area contributed by atoms with Crippen LogP contribution >= 0.6 is 11.6 Å². The predicted octanol–water partition coefficient (Wildman–Crippen LogP) is 4.95. The molecule has 0 atom stereocenters. The highest BCUT2D eigenvalue weighted by atomic mass is 35.5. The van der Waals surface area contributed by atoms with Gasteiger partial charge in [0.1, 0.15) is 23.2 Å². The van der Waals surface area contributed by atoms with Gasteiger partial charge in [-0.1, -0.05) is 17.7 Å². The van der Waals surface area contributed by atoms with Crippen LogP contribution in [0.2, 0.25) is 5.02 Å². The van der Waals surface area contributed by atoms with E-state index in [2.05, 4.69) is 5.32 Å². The van der Waals surface area contributed by atoms with Crippen molar-refractivity contribution in [1.82, 2.24) is 0 Å². The summed E-state index contributed by atoms with van der Waals surface area (Å²) in [5, 5.41) is 21.4. The van der Waals surface area contributed by atoms with Gasteiger partial charge in [0, 0.05) is 22.3 Å². The number of nitrogens with one attached hydrogen (secondary N) is 2. The van der Waals surface area contributed by atoms with Crippen molar-refractivity contribution >= 4 is 35.0 Å². The Morgan fingerprint density at radius 3 is 2.56 bits per heavy atom. The summed E-state index contributed by atoms with van der Waals surface area (Å²) in [5.41, 5.74) is 3.55. The van der Waals surface area contributed by atoms with E-state index in [0.717, 1.165) is 5.56 Å². The number of nitriles is 1. The van der Waals surface area contributed by atoms with Gasteiger partial charge in [-0.25, -0.2) is 0 Å². The zero-order valence-corrected chi connectivity index (χ0v) is 14.7. The number of hydrogen-bond acceptors (Lipinski definition) is 5. The zero-order chi connectivity index (χ0) is 19.2. The molecule has 0 fully saturated rings. The topological polar surface area (TPSA) is 98.3 Å². The number of carbonyl (C=O) groups is 1. The standard InChI is InChI=1S/C20H14ClN3O3/c21-15-6-4-13(5-7-15)19-9-8-18(27-19)10-14(12-22)20(25)23-16-2-1-3-17(11-16)24-26/h1-11,24,26H,(H,23,25)/b14-10+. The second kappa shape index (κ2) is 8.23. The number of carbonyl (C=O) groups excluding carboxylic acids is 1. The third-order valence-corrected chi connectivity index (χ3v) is 3.91. The van der Waals surface area contributed by atoms with E-state index >= 15 is 0 Å². The third kappa shape index (κ3) is 4.55. The van der Waals surface area contributed by atoms with Crippen LogP contribution in [-0.4, -0.2) is 11.1 Å². The molecule has 27 heavy (non-hydrogen) atoms. The van der Waals surface area contributed by atoms with Gasteiger partial charge in [0.15, 0.2) is 0 Å². The first-order valence-electron chi connectivity index (χ1n) is 7.88. The largest absolute Gasteiger partial charge is 0.457 e. The van der Waals surface area contributed by atoms with Gasteiger partial charge in [0.2, 0.25) is 0 Å². The van der Waals surface area contributed by atoms with Crippen molar-refractivity contribution in [2.24, 2.45) is 0 Å². The van der Waals surface area contributed by atoms with Crippen molar-refractivity contribution in [3.05, 3.63) is 77.0 Å². The Balaban J connectivity index is 1.78. The predicted molar refractivity (Wildman–Crippen MR) is 103 cm³/mol. The SMILES string of the molecule is N#C/C(=C\c1ccc(-c2ccc(Cl)cc2)o1)C(=O)Nc1cccc(NO)c1. The lowest BCUT2D eigenvalue weighted by Gasteiger charge is -2.05. The van der Waals surface area contributed by atoms with E-state index in [1.807, 2.05) is 23.7 Å². The summed E-state index contributed by atoms with van der Waals surface area (Å²) < 4.78 is 5.69. The monoisotopic (exact) mass is 379 g/mol. The maximum absolute atomic E-state index is 12.3. The zero-order valence-electron chi connectivity index (χ0n) is 13.9. The lowest BCUT2D eigenvalue weighted by atomic mass is 10.2. The second-order valence-corrected chi connectivity index (χ2v) is 5.96. The van der Waals surface area contributed by atoms with Crippen LogP contribution in [0.25, 0.3) is 17.4 Å². The van der Waals surface area contributed by atoms with E-state index in [1.165, 1.54) is 12.1 Å². The molecule has 1 amide bonds. The molecule has 0 aliphatic rings. The van der Waals surface area contributed by atoms with Crippen LogP contribution in [0.1, 0.15) is 5.76 Å². The van der Waals surface area contributed by atoms with Gasteiger partial charge >= 0.3 is 0 Å². The molecule has 2 aromatic carbocycles. The molecule has 0 aliphatic heterocycles. The van der Waals surface area contributed by atoms with Crippen LogP contribution in [0, 0.1) is 11.3 Å². The number of anilines is 2. The molecule has 3 aromatic rings. The molecule has 0 unspecified atom stereocenters. The lowest BCUT2D eigenvalue weighted by Crippen LogP contribution is -2.13. The van der Waals surface area contributed by atoms with E-state index in [0.29, 0.717) is 27.9 Å². The third-order valence-electron chi connectivity index (χ3n) is 3.66. The van der Waals surface area contributed by atoms with Crippen molar-refractivity contribution in [2.75, 3.05) is 10.8 Å². The van der Waals surface area contributed by atoms with Crippen LogP contribution in [0.15, 0.2) is 70.7 Å². The van der Waals surface area contributed by atoms with Crippen molar-refractivity contribution in [3.8, 4) is 17.4 Å². The van der Waals surface area contributed by atoms with E-state index < -0.39 is 5.91 Å². The van der Waals surface area contributed by atoms with Gasteiger partial charge in [-0.3, -0.25) is 15.5 Å². The molecule has 1 aromatic heterocycles. The fourth-order valence-electron chi connectivity index (χ4n) is 2.36. The van der Waals surface area contributed by atoms with Crippen LogP contribution < -0.4 is 10.8 Å². The molecule has 0 saturated carbocycles. The molecule has 6 nitrogen and oxygen atoms in total. The van der Waals surface area contributed by atoms with Gasteiger partial charge in [0.05, 0.1) is 5.69 Å². The fourth-order valence-corrected chi connectivity index (χ4v) is 2.48. The second-order valence-electron chi connectivity index (χ2n) is 5.53.